The van der Waals surface area contributed by atoms with Crippen LogP contribution in [0.3, 0.4) is 0 Å². The molecule has 0 unspecified atom stereocenters. The van der Waals surface area contributed by atoms with Gasteiger partial charge in [0.05, 0.1) is 4.90 Å². The molecule has 0 atom stereocenters. The molecule has 0 fully saturated rings. The molecule has 1 rings (SSSR count). The molecule has 14 heavy (non-hydrogen) atoms. The van der Waals surface area contributed by atoms with E-state index >= 15 is 0 Å². The Bertz CT molecular complexity index is 444. The second kappa shape index (κ2) is 5.04. The van der Waals surface area contributed by atoms with Crippen LogP contribution in [0.2, 0.25) is 0 Å². The topological polar surface area (TPSA) is 71.4 Å². The van der Waals surface area contributed by atoms with Gasteiger partial charge in [-0.3, -0.25) is 9.35 Å². The van der Waals surface area contributed by atoms with Crippen molar-refractivity contribution >= 4 is 15.9 Å². The Morgan fingerprint density at radius 3 is 2.43 bits per heavy atom. The van der Waals surface area contributed by atoms with Crippen molar-refractivity contribution in [1.82, 2.24) is 0 Å². The van der Waals surface area contributed by atoms with Crippen molar-refractivity contribution in [1.29, 1.82) is 0 Å². The van der Waals surface area contributed by atoms with Gasteiger partial charge in [-0.2, -0.15) is 8.42 Å². The van der Waals surface area contributed by atoms with Crippen molar-refractivity contribution in [2.24, 2.45) is 0 Å². The summed E-state index contributed by atoms with van der Waals surface area (Å²) < 4.78 is 30.0. The summed E-state index contributed by atoms with van der Waals surface area (Å²) >= 11 is 0. The van der Waals surface area contributed by atoms with Crippen molar-refractivity contribution in [2.75, 3.05) is 0 Å². The van der Waals surface area contributed by atoms with E-state index in [2.05, 4.69) is 0 Å². The van der Waals surface area contributed by atoms with E-state index in [1.165, 1.54) is 25.1 Å². The number of rotatable bonds is 2. The van der Waals surface area contributed by atoms with E-state index in [9.17, 15) is 13.2 Å². The van der Waals surface area contributed by atoms with Gasteiger partial charge in [-0.25, -0.2) is 0 Å². The monoisotopic (exact) mass is 224 g/mol. The molecule has 0 aliphatic heterocycles. The summed E-state index contributed by atoms with van der Waals surface area (Å²) in [7, 11) is -4.21. The maximum absolute atomic E-state index is 10.8. The van der Waals surface area contributed by atoms with Crippen LogP contribution in [0.5, 0.6) is 0 Å². The Labute approximate surface area is 106 Å². The molecule has 0 heterocycles. The summed E-state index contributed by atoms with van der Waals surface area (Å²) in [5, 5.41) is 0. The van der Waals surface area contributed by atoms with Crippen LogP contribution in [-0.4, -0.2) is 18.8 Å². The van der Waals surface area contributed by atoms with Crippen LogP contribution in [0.4, 0.5) is 0 Å². The van der Waals surface area contributed by atoms with E-state index in [0.29, 0.717) is 0 Å². The Morgan fingerprint density at radius 1 is 1.43 bits per heavy atom. The first kappa shape index (κ1) is 13.8. The van der Waals surface area contributed by atoms with Crippen LogP contribution in [0.1, 0.15) is 18.7 Å². The standard InChI is InChI=1S/C8H8O4S.Na.H/c1-6(9)7-3-2-4-8(5-7)13(10,11)12;;/h2-5H,1H3,(H,10,11,12);;/q;+1;-1. The van der Waals surface area contributed by atoms with Gasteiger partial charge in [-0.1, -0.05) is 12.1 Å². The quantitative estimate of drug-likeness (QED) is 0.367. The zero-order chi connectivity index (χ0) is 10.1. The molecular weight excluding hydrogens is 215 g/mol. The number of hydrogen-bond donors (Lipinski definition) is 1. The van der Waals surface area contributed by atoms with Gasteiger partial charge < -0.3 is 1.43 Å². The predicted molar refractivity (Wildman–Crippen MR) is 47.4 cm³/mol. The third-order valence-corrected chi connectivity index (χ3v) is 2.39. The van der Waals surface area contributed by atoms with Gasteiger partial charge in [-0.15, -0.1) is 0 Å². The molecule has 72 valence electrons. The molecule has 0 radical (unpaired) electrons. The number of carbonyl (C=O) groups excluding carboxylic acids is 1. The Morgan fingerprint density at radius 2 is 2.00 bits per heavy atom. The van der Waals surface area contributed by atoms with Gasteiger partial charge >= 0.3 is 29.6 Å². The number of hydrogen-bond acceptors (Lipinski definition) is 3. The summed E-state index contributed by atoms with van der Waals surface area (Å²) in [6.07, 6.45) is 0. The van der Waals surface area contributed by atoms with E-state index in [0.717, 1.165) is 6.07 Å². The number of benzene rings is 1. The minimum absolute atomic E-state index is 0. The zero-order valence-electron chi connectivity index (χ0n) is 8.89. The molecule has 0 aliphatic rings. The molecule has 0 aromatic heterocycles. The second-order valence-electron chi connectivity index (χ2n) is 2.56. The summed E-state index contributed by atoms with van der Waals surface area (Å²) in [5.74, 6) is -0.245. The molecule has 1 aromatic carbocycles. The molecule has 0 saturated heterocycles. The molecule has 4 nitrogen and oxygen atoms in total. The van der Waals surface area contributed by atoms with Crippen molar-refractivity contribution in [3.63, 3.8) is 0 Å². The molecule has 0 bridgehead atoms. The first-order valence-electron chi connectivity index (χ1n) is 3.50. The molecule has 0 aliphatic carbocycles. The average molecular weight is 224 g/mol. The summed E-state index contributed by atoms with van der Waals surface area (Å²) in [6, 6.07) is 5.25. The Hall–Kier alpha value is -0.200. The number of Topliss-reactive ketones (excluding diaryl/α,β-unsaturated/α-hetero) is 1. The van der Waals surface area contributed by atoms with Crippen LogP contribution in [0.25, 0.3) is 0 Å². The maximum atomic E-state index is 10.8. The molecule has 6 heteroatoms. The smallest absolute Gasteiger partial charge is 1.00 e. The van der Waals surface area contributed by atoms with Crippen molar-refractivity contribution < 1.29 is 48.7 Å². The second-order valence-corrected chi connectivity index (χ2v) is 3.98. The molecular formula is C8H9NaO4S. The SMILES string of the molecule is CC(=O)c1cccc(S(=O)(=O)O)c1.[H-].[Na+]. The normalized spacial score (nSPS) is 10.4. The van der Waals surface area contributed by atoms with Gasteiger partial charge in [-0.05, 0) is 19.1 Å². The first-order chi connectivity index (χ1) is 5.91. The third kappa shape index (κ3) is 3.51. The Balaban J connectivity index is 0. The Kier molecular flexibility index (Phi) is 4.97. The van der Waals surface area contributed by atoms with E-state index < -0.39 is 10.1 Å². The van der Waals surface area contributed by atoms with E-state index in [1.54, 1.807) is 0 Å². The summed E-state index contributed by atoms with van der Waals surface area (Å²) in [5.41, 5.74) is 0.259. The van der Waals surface area contributed by atoms with Crippen LogP contribution >= 0.6 is 0 Å². The molecule has 0 spiro atoms. The molecule has 1 aromatic rings. The average Bonchev–Trinajstić information content (AvgIpc) is 2.03. The number of ketones is 1. The molecule has 0 amide bonds. The fourth-order valence-electron chi connectivity index (χ4n) is 0.876. The third-order valence-electron chi connectivity index (χ3n) is 1.54. The van der Waals surface area contributed by atoms with Crippen molar-refractivity contribution in [3.05, 3.63) is 29.8 Å². The van der Waals surface area contributed by atoms with Gasteiger partial charge in [0.15, 0.2) is 5.78 Å². The van der Waals surface area contributed by atoms with E-state index in [4.69, 9.17) is 4.55 Å². The fraction of sp³-hybridized carbons (Fsp3) is 0.125. The fourth-order valence-corrected chi connectivity index (χ4v) is 1.40. The largest absolute Gasteiger partial charge is 1.00 e. The first-order valence-corrected chi connectivity index (χ1v) is 4.94. The van der Waals surface area contributed by atoms with Crippen molar-refractivity contribution in [2.45, 2.75) is 11.8 Å². The predicted octanol–water partition coefficient (Wildman–Crippen LogP) is -1.75. The number of carbonyl (C=O) groups is 1. The maximum Gasteiger partial charge on any atom is 1.00 e. The summed E-state index contributed by atoms with van der Waals surface area (Å²) in [6.45, 7) is 1.32. The van der Waals surface area contributed by atoms with Crippen LogP contribution < -0.4 is 29.6 Å². The van der Waals surface area contributed by atoms with Crippen molar-refractivity contribution in [3.8, 4) is 0 Å². The van der Waals surface area contributed by atoms with Crippen LogP contribution in [0.15, 0.2) is 29.2 Å². The van der Waals surface area contributed by atoms with Gasteiger partial charge in [0.25, 0.3) is 10.1 Å². The van der Waals surface area contributed by atoms with Gasteiger partial charge in [0.1, 0.15) is 0 Å². The van der Waals surface area contributed by atoms with E-state index in [1.807, 2.05) is 0 Å². The minimum atomic E-state index is -4.21. The van der Waals surface area contributed by atoms with E-state index in [-0.39, 0.29) is 47.2 Å². The molecule has 0 saturated carbocycles. The zero-order valence-corrected chi connectivity index (χ0v) is 10.7. The van der Waals surface area contributed by atoms with Crippen LogP contribution in [-0.2, 0) is 10.1 Å². The van der Waals surface area contributed by atoms with Gasteiger partial charge in [0.2, 0.25) is 0 Å². The van der Waals surface area contributed by atoms with Gasteiger partial charge in [0, 0.05) is 5.56 Å². The minimum Gasteiger partial charge on any atom is -1.00 e. The summed E-state index contributed by atoms with van der Waals surface area (Å²) in [4.78, 5) is 10.6. The van der Waals surface area contributed by atoms with Crippen LogP contribution in [0, 0.1) is 0 Å². The molecule has 1 N–H and O–H groups in total.